The Morgan fingerprint density at radius 3 is 0.840 bits per heavy atom. The summed E-state index contributed by atoms with van der Waals surface area (Å²) in [6.07, 6.45) is 2.41. The first-order valence-electron chi connectivity index (χ1n) is 27.1. The summed E-state index contributed by atoms with van der Waals surface area (Å²) in [7, 11) is 0. The molecule has 0 aromatic heterocycles. The summed E-state index contributed by atoms with van der Waals surface area (Å²) in [6, 6.07) is 18.6. The topological polar surface area (TPSA) is 332 Å². The van der Waals surface area contributed by atoms with Crippen molar-refractivity contribution in [3.63, 3.8) is 0 Å². The van der Waals surface area contributed by atoms with E-state index < -0.39 is 5.41 Å². The molecule has 0 spiro atoms. The molecule has 0 saturated heterocycles. The second-order valence-corrected chi connectivity index (χ2v) is 19.1. The van der Waals surface area contributed by atoms with Crippen LogP contribution in [0.4, 0.5) is 0 Å². The van der Waals surface area contributed by atoms with Crippen molar-refractivity contribution in [2.45, 2.75) is 58.3 Å². The Morgan fingerprint density at radius 1 is 0.333 bits per heavy atom. The molecule has 4 amide bonds. The zero-order valence-electron chi connectivity index (χ0n) is 46.3. The van der Waals surface area contributed by atoms with Crippen LogP contribution in [0.25, 0.3) is 0 Å². The molecule has 0 saturated carbocycles. The maximum Gasteiger partial charge on any atom is 0.220 e. The number of aryl methyl sites for hydroxylation is 5. The molecule has 81 heavy (non-hydrogen) atoms. The monoisotopic (exact) mass is 1140 g/mol. The smallest absolute Gasteiger partial charge is 0.220 e. The summed E-state index contributed by atoms with van der Waals surface area (Å²) in [5.41, 5.74) is 2.88. The van der Waals surface area contributed by atoms with Gasteiger partial charge in [0.2, 0.25) is 23.6 Å². The van der Waals surface area contributed by atoms with E-state index >= 15 is 0 Å². The number of phenolic OH excluding ortho intramolecular Hbond substituents is 7. The van der Waals surface area contributed by atoms with E-state index in [1.807, 2.05) is 12.1 Å². The van der Waals surface area contributed by atoms with E-state index in [9.17, 15) is 54.9 Å². The van der Waals surface area contributed by atoms with Gasteiger partial charge in [-0.15, -0.1) is 0 Å². The number of rotatable bonds is 44. The number of carbonyl (C=O) groups is 4. The van der Waals surface area contributed by atoms with E-state index in [1.165, 1.54) is 36.4 Å². The fraction of sp³-hybridized carbons (Fsp3) is 0.517. The number of hydrogen-bond acceptors (Lipinski definition) is 19. The molecule has 0 fully saturated rings. The van der Waals surface area contributed by atoms with Gasteiger partial charge in [0.1, 0.15) is 5.75 Å². The molecular formula is C58H82N4O19. The van der Waals surface area contributed by atoms with E-state index in [0.29, 0.717) is 48.9 Å². The van der Waals surface area contributed by atoms with Crippen LogP contribution in [0.2, 0.25) is 0 Å². The van der Waals surface area contributed by atoms with Gasteiger partial charge in [0.25, 0.3) is 0 Å². The molecule has 0 heterocycles. The lowest BCUT2D eigenvalue weighted by atomic mass is 9.92. The lowest BCUT2D eigenvalue weighted by Crippen LogP contribution is -2.43. The molecule has 4 aromatic rings. The average Bonchev–Trinajstić information content (AvgIpc) is 3.44. The van der Waals surface area contributed by atoms with Gasteiger partial charge >= 0.3 is 0 Å². The highest BCUT2D eigenvalue weighted by atomic mass is 16.6. The largest absolute Gasteiger partial charge is 0.508 e. The van der Waals surface area contributed by atoms with E-state index in [1.54, 1.807) is 31.2 Å². The standard InChI is InChI=1S/C58H82N4O19/c1-42-2-3-43(34-50(42)66)7-14-54(70)59-18-22-74-26-30-78-38-58(39-79-31-27-75-23-19-60-55(71)15-8-44-4-11-47(63)51(67)35-44,40-80-32-28-76-24-20-61-56(72)16-9-45-5-12-48(64)52(68)36-45)41-81-33-29-77-25-21-62-57(73)17-10-46-6-13-49(65)53(69)37-46/h2-6,11-13,34-37,63-69H,7-10,14-33,38-41H2,1H3,(H,59,70)(H,60,71)(H,61,72)(H,62,73). The molecular weight excluding hydrogens is 1060 g/mol. The van der Waals surface area contributed by atoms with Crippen molar-refractivity contribution in [2.75, 3.05) is 132 Å². The van der Waals surface area contributed by atoms with Crippen LogP contribution in [-0.4, -0.2) is 191 Å². The first kappa shape index (κ1) is 66.6. The summed E-state index contributed by atoms with van der Waals surface area (Å²) in [6.45, 7) is 5.83. The van der Waals surface area contributed by atoms with Crippen molar-refractivity contribution < 1.29 is 92.8 Å². The molecule has 4 aromatic carbocycles. The molecule has 0 aliphatic rings. The fourth-order valence-electron chi connectivity index (χ4n) is 7.70. The van der Waals surface area contributed by atoms with Crippen LogP contribution < -0.4 is 21.3 Å². The molecule has 0 aliphatic carbocycles. The van der Waals surface area contributed by atoms with Gasteiger partial charge in [0.05, 0.1) is 111 Å². The Balaban J connectivity index is 1.24. The van der Waals surface area contributed by atoms with Crippen LogP contribution >= 0.6 is 0 Å². The number of aromatic hydroxyl groups is 7. The Bertz CT molecular complexity index is 2160. The Hall–Kier alpha value is -6.96. The molecule has 448 valence electrons. The molecule has 0 unspecified atom stereocenters. The molecule has 23 nitrogen and oxygen atoms in total. The number of carbonyl (C=O) groups excluding carboxylic acids is 4. The quantitative estimate of drug-likeness (QED) is 0.0223. The highest BCUT2D eigenvalue weighted by molar-refractivity contribution is 5.77. The Kier molecular flexibility index (Phi) is 31.8. The lowest BCUT2D eigenvalue weighted by molar-refractivity contribution is -0.122. The van der Waals surface area contributed by atoms with Crippen LogP contribution in [0.5, 0.6) is 40.2 Å². The minimum atomic E-state index is -0.866. The number of phenols is 7. The molecule has 23 heteroatoms. The van der Waals surface area contributed by atoms with Gasteiger partial charge in [0.15, 0.2) is 34.5 Å². The normalized spacial score (nSPS) is 11.4. The highest BCUT2D eigenvalue weighted by Crippen LogP contribution is 2.28. The number of amides is 4. The van der Waals surface area contributed by atoms with Crippen molar-refractivity contribution in [3.05, 3.63) is 101 Å². The Labute approximate surface area is 472 Å². The van der Waals surface area contributed by atoms with Crippen LogP contribution in [0.15, 0.2) is 72.8 Å². The third-order valence-corrected chi connectivity index (χ3v) is 12.4. The molecule has 11 N–H and O–H groups in total. The average molecular weight is 1140 g/mol. The van der Waals surface area contributed by atoms with Crippen LogP contribution in [0, 0.1) is 12.3 Å². The molecule has 4 rings (SSSR count). The summed E-state index contributed by atoms with van der Waals surface area (Å²) >= 11 is 0. The van der Waals surface area contributed by atoms with E-state index in [-0.39, 0.29) is 215 Å². The van der Waals surface area contributed by atoms with Crippen molar-refractivity contribution >= 4 is 23.6 Å². The third kappa shape index (κ3) is 28.8. The van der Waals surface area contributed by atoms with Gasteiger partial charge in [-0.1, -0.05) is 30.3 Å². The van der Waals surface area contributed by atoms with Crippen LogP contribution in [0.1, 0.15) is 53.5 Å². The summed E-state index contributed by atoms with van der Waals surface area (Å²) in [5, 5.41) is 79.0. The number of nitrogens with one attached hydrogen (secondary N) is 4. The SMILES string of the molecule is Cc1ccc(CCC(=O)NCCOCCOCC(COCCOCCNC(=O)CCc2ccc(O)c(O)c2)(COCCOCCNC(=O)CCc2ccc(O)c(O)c2)COCCOCCNC(=O)CCc2ccc(O)c(O)c2)cc1O. The zero-order valence-corrected chi connectivity index (χ0v) is 46.3. The van der Waals surface area contributed by atoms with E-state index in [4.69, 9.17) is 37.9 Å². The minimum Gasteiger partial charge on any atom is -0.508 e. The summed E-state index contributed by atoms with van der Waals surface area (Å²) < 4.78 is 47.5. The number of benzene rings is 4. The van der Waals surface area contributed by atoms with Crippen LogP contribution in [-0.2, 0) is 82.8 Å². The predicted octanol–water partition coefficient (Wildman–Crippen LogP) is 3.35. The maximum absolute atomic E-state index is 12.5. The lowest BCUT2D eigenvalue weighted by Gasteiger charge is -2.33. The minimum absolute atomic E-state index is 0.113. The third-order valence-electron chi connectivity index (χ3n) is 12.4. The van der Waals surface area contributed by atoms with Crippen molar-refractivity contribution in [2.24, 2.45) is 5.41 Å². The maximum atomic E-state index is 12.5. The zero-order chi connectivity index (χ0) is 58.5. The van der Waals surface area contributed by atoms with Crippen molar-refractivity contribution in [3.8, 4) is 40.2 Å². The summed E-state index contributed by atoms with van der Waals surface area (Å²) in [5.74, 6) is -2.00. The van der Waals surface area contributed by atoms with Crippen LogP contribution in [0.3, 0.4) is 0 Å². The number of ether oxygens (including phenoxy) is 8. The van der Waals surface area contributed by atoms with Gasteiger partial charge in [-0.05, 0) is 103 Å². The first-order valence-corrected chi connectivity index (χ1v) is 27.1. The highest BCUT2D eigenvalue weighted by Gasteiger charge is 2.33. The Morgan fingerprint density at radius 2 is 0.580 bits per heavy atom. The number of hydrogen-bond donors (Lipinski definition) is 11. The van der Waals surface area contributed by atoms with E-state index in [2.05, 4.69) is 21.3 Å². The second kappa shape index (κ2) is 38.6. The molecule has 0 radical (unpaired) electrons. The van der Waals surface area contributed by atoms with Gasteiger partial charge in [0, 0.05) is 51.9 Å². The first-order chi connectivity index (χ1) is 39.1. The van der Waals surface area contributed by atoms with Gasteiger partial charge in [-0.2, -0.15) is 0 Å². The van der Waals surface area contributed by atoms with E-state index in [0.717, 1.165) is 11.1 Å². The van der Waals surface area contributed by atoms with Crippen molar-refractivity contribution in [1.82, 2.24) is 21.3 Å². The van der Waals surface area contributed by atoms with Gasteiger partial charge in [-0.3, -0.25) is 19.2 Å². The second-order valence-electron chi connectivity index (χ2n) is 19.1. The van der Waals surface area contributed by atoms with Gasteiger partial charge < -0.3 is 94.9 Å². The predicted molar refractivity (Wildman–Crippen MR) is 296 cm³/mol. The van der Waals surface area contributed by atoms with Crippen molar-refractivity contribution in [1.29, 1.82) is 0 Å². The molecule has 0 atom stereocenters. The molecule has 0 aliphatic heterocycles. The van der Waals surface area contributed by atoms with Gasteiger partial charge in [-0.25, -0.2) is 0 Å². The molecule has 0 bridgehead atoms. The summed E-state index contributed by atoms with van der Waals surface area (Å²) in [4.78, 5) is 49.7. The fourth-order valence-corrected chi connectivity index (χ4v) is 7.70.